The lowest BCUT2D eigenvalue weighted by molar-refractivity contribution is 0.283. The number of aliphatic hydroxyl groups is 1. The number of nitrogens with one attached hydrogen (secondary N) is 1. The molecule has 2 N–H and O–H groups in total. The smallest absolute Gasteiger partial charge is 0.236 e. The number of hydrogen-bond acceptors (Lipinski definition) is 5. The van der Waals surface area contributed by atoms with Crippen molar-refractivity contribution >= 4 is 22.0 Å². The quantitative estimate of drug-likeness (QED) is 0.680. The molecule has 1 aromatic heterocycles. The molecule has 22 heavy (non-hydrogen) atoms. The van der Waals surface area contributed by atoms with Crippen molar-refractivity contribution in [1.29, 1.82) is 0 Å². The van der Waals surface area contributed by atoms with Crippen LogP contribution in [-0.4, -0.2) is 36.4 Å². The highest BCUT2D eigenvalue weighted by molar-refractivity contribution is 7.91. The lowest BCUT2D eigenvalue weighted by atomic mass is 10.0. The van der Waals surface area contributed by atoms with Crippen molar-refractivity contribution in [3.8, 4) is 0 Å². The van der Waals surface area contributed by atoms with E-state index in [1.165, 1.54) is 0 Å². The topological polar surface area (TPSA) is 92.2 Å². The maximum Gasteiger partial charge on any atom is 0.236 e. The summed E-state index contributed by atoms with van der Waals surface area (Å²) in [6.45, 7) is 4.25. The molecule has 0 spiro atoms. The van der Waals surface area contributed by atoms with Crippen molar-refractivity contribution in [3.05, 3.63) is 23.5 Å². The Morgan fingerprint density at radius 3 is 2.64 bits per heavy atom. The zero-order valence-corrected chi connectivity index (χ0v) is 14.2. The van der Waals surface area contributed by atoms with Crippen LogP contribution in [0.15, 0.2) is 12.3 Å². The van der Waals surface area contributed by atoms with Gasteiger partial charge in [-0.25, -0.2) is 18.4 Å². The molecule has 0 aromatic carbocycles. The van der Waals surface area contributed by atoms with Gasteiger partial charge in [0.1, 0.15) is 0 Å². The second kappa shape index (κ2) is 8.85. The third-order valence-electron chi connectivity index (χ3n) is 3.00. The van der Waals surface area contributed by atoms with E-state index in [1.807, 2.05) is 19.9 Å². The van der Waals surface area contributed by atoms with Crippen LogP contribution in [0.25, 0.3) is 6.08 Å². The molecule has 1 rings (SSSR count). The molecule has 0 aliphatic rings. The summed E-state index contributed by atoms with van der Waals surface area (Å²) in [4.78, 5) is 8.35. The van der Waals surface area contributed by atoms with Crippen LogP contribution in [0.3, 0.4) is 0 Å². The van der Waals surface area contributed by atoms with Gasteiger partial charge in [-0.15, -0.1) is 0 Å². The molecule has 0 fully saturated rings. The Morgan fingerprint density at radius 1 is 1.32 bits per heavy atom. The minimum Gasteiger partial charge on any atom is -0.396 e. The Balaban J connectivity index is 2.80. The van der Waals surface area contributed by atoms with E-state index in [1.54, 1.807) is 6.20 Å². The summed E-state index contributed by atoms with van der Waals surface area (Å²) in [6.07, 6.45) is 10.5. The van der Waals surface area contributed by atoms with Gasteiger partial charge >= 0.3 is 0 Å². The van der Waals surface area contributed by atoms with E-state index in [4.69, 9.17) is 5.11 Å². The lowest BCUT2D eigenvalue weighted by Gasteiger charge is -2.10. The van der Waals surface area contributed by atoms with E-state index in [2.05, 4.69) is 20.8 Å². The molecule has 124 valence electrons. The van der Waals surface area contributed by atoms with Crippen LogP contribution in [0, 0.1) is 0 Å². The molecule has 0 aliphatic heterocycles. The predicted molar refractivity (Wildman–Crippen MR) is 89.2 cm³/mol. The molecule has 0 bridgehead atoms. The van der Waals surface area contributed by atoms with Crippen LogP contribution >= 0.6 is 0 Å². The lowest BCUT2D eigenvalue weighted by Crippen LogP contribution is -2.13. The summed E-state index contributed by atoms with van der Waals surface area (Å²) in [5.41, 5.74) is 1.71. The third-order valence-corrected chi connectivity index (χ3v) is 3.55. The summed E-state index contributed by atoms with van der Waals surface area (Å²) < 4.78 is 24.8. The molecule has 0 atom stereocenters. The molecule has 1 heterocycles. The van der Waals surface area contributed by atoms with E-state index >= 15 is 0 Å². The number of unbranched alkanes of at least 4 members (excludes halogenated alkanes) is 3. The summed E-state index contributed by atoms with van der Waals surface area (Å²) in [6, 6.07) is 0. The van der Waals surface area contributed by atoms with Crippen LogP contribution in [0.2, 0.25) is 0 Å². The van der Waals surface area contributed by atoms with E-state index in [0.29, 0.717) is 0 Å². The molecule has 0 radical (unpaired) electrons. The van der Waals surface area contributed by atoms with Crippen molar-refractivity contribution < 1.29 is 13.5 Å². The Hall–Kier alpha value is -1.47. The molecule has 0 amide bonds. The maximum atomic E-state index is 11.2. The van der Waals surface area contributed by atoms with Gasteiger partial charge in [0.25, 0.3) is 0 Å². The van der Waals surface area contributed by atoms with Crippen LogP contribution in [0.1, 0.15) is 56.7 Å². The summed E-state index contributed by atoms with van der Waals surface area (Å²) >= 11 is 0. The van der Waals surface area contributed by atoms with Crippen LogP contribution in [0.5, 0.6) is 0 Å². The SMILES string of the molecule is CC(C)c1nc(NS(C)(=O)=O)ncc1/C=C/CCCCCO. The first-order chi connectivity index (χ1) is 10.3. The first kappa shape index (κ1) is 18.6. The molecule has 0 saturated heterocycles. The normalized spacial score (nSPS) is 12.2. The number of aliphatic hydroxyl groups excluding tert-OH is 1. The van der Waals surface area contributed by atoms with E-state index in [-0.39, 0.29) is 18.5 Å². The minimum absolute atomic E-state index is 0.103. The van der Waals surface area contributed by atoms with Crippen LogP contribution < -0.4 is 4.72 Å². The molecule has 0 aliphatic carbocycles. The van der Waals surface area contributed by atoms with Crippen LogP contribution in [-0.2, 0) is 10.0 Å². The van der Waals surface area contributed by atoms with Gasteiger partial charge in [0, 0.05) is 18.4 Å². The average molecular weight is 327 g/mol. The summed E-state index contributed by atoms with van der Waals surface area (Å²) in [5, 5.41) is 8.72. The highest BCUT2D eigenvalue weighted by atomic mass is 32.2. The number of nitrogens with zero attached hydrogens (tertiary/aromatic N) is 2. The highest BCUT2D eigenvalue weighted by Crippen LogP contribution is 2.20. The number of hydrogen-bond donors (Lipinski definition) is 2. The van der Waals surface area contributed by atoms with Crippen LogP contribution in [0.4, 0.5) is 5.95 Å². The van der Waals surface area contributed by atoms with Gasteiger partial charge in [0.05, 0.1) is 11.9 Å². The summed E-state index contributed by atoms with van der Waals surface area (Å²) in [7, 11) is -3.38. The Bertz CT molecular complexity index is 598. The molecular formula is C15H25N3O3S. The van der Waals surface area contributed by atoms with Crippen molar-refractivity contribution in [3.63, 3.8) is 0 Å². The molecular weight excluding hydrogens is 302 g/mol. The first-order valence-electron chi connectivity index (χ1n) is 7.45. The number of allylic oxidation sites excluding steroid dienone is 1. The fourth-order valence-electron chi connectivity index (χ4n) is 1.97. The third kappa shape index (κ3) is 7.00. The summed E-state index contributed by atoms with van der Waals surface area (Å²) in [5.74, 6) is 0.267. The standard InChI is InChI=1S/C15H25N3O3S/c1-12(2)14-13(9-7-5-4-6-8-10-19)11-16-15(17-14)18-22(3,20)21/h7,9,11-12,19H,4-6,8,10H2,1-3H3,(H,16,17,18)/b9-7+. The van der Waals surface area contributed by atoms with Crippen molar-refractivity contribution in [2.75, 3.05) is 17.6 Å². The predicted octanol–water partition coefficient (Wildman–Crippen LogP) is 2.54. The maximum absolute atomic E-state index is 11.2. The van der Waals surface area contributed by atoms with Gasteiger partial charge < -0.3 is 5.11 Å². The number of sulfonamides is 1. The minimum atomic E-state index is -3.38. The van der Waals surface area contributed by atoms with Gasteiger partial charge in [-0.3, -0.25) is 4.72 Å². The Kier molecular flexibility index (Phi) is 7.47. The fraction of sp³-hybridized carbons (Fsp3) is 0.600. The van der Waals surface area contributed by atoms with Gasteiger partial charge in [0.15, 0.2) is 0 Å². The molecule has 6 nitrogen and oxygen atoms in total. The van der Waals surface area contributed by atoms with E-state index in [9.17, 15) is 8.42 Å². The van der Waals surface area contributed by atoms with Crippen molar-refractivity contribution in [1.82, 2.24) is 9.97 Å². The van der Waals surface area contributed by atoms with Crippen molar-refractivity contribution in [2.45, 2.75) is 45.4 Å². The van der Waals surface area contributed by atoms with Crippen molar-refractivity contribution in [2.24, 2.45) is 0 Å². The largest absolute Gasteiger partial charge is 0.396 e. The van der Waals surface area contributed by atoms with Gasteiger partial charge in [-0.05, 0) is 25.2 Å². The fourth-order valence-corrected chi connectivity index (χ4v) is 2.40. The molecule has 7 heteroatoms. The first-order valence-corrected chi connectivity index (χ1v) is 9.34. The molecule has 0 unspecified atom stereocenters. The second-order valence-electron chi connectivity index (χ2n) is 5.54. The second-order valence-corrected chi connectivity index (χ2v) is 7.29. The molecule has 0 saturated carbocycles. The number of aromatic nitrogens is 2. The number of anilines is 1. The van der Waals surface area contributed by atoms with E-state index in [0.717, 1.165) is 43.2 Å². The van der Waals surface area contributed by atoms with Gasteiger partial charge in [-0.1, -0.05) is 32.4 Å². The van der Waals surface area contributed by atoms with Gasteiger partial charge in [0.2, 0.25) is 16.0 Å². The van der Waals surface area contributed by atoms with E-state index < -0.39 is 10.0 Å². The Morgan fingerprint density at radius 2 is 2.05 bits per heavy atom. The van der Waals surface area contributed by atoms with Gasteiger partial charge in [-0.2, -0.15) is 0 Å². The number of rotatable bonds is 9. The zero-order valence-electron chi connectivity index (χ0n) is 13.4. The Labute approximate surface area is 132 Å². The average Bonchev–Trinajstić information content (AvgIpc) is 2.42. The monoisotopic (exact) mass is 327 g/mol. The zero-order chi connectivity index (χ0) is 16.6. The highest BCUT2D eigenvalue weighted by Gasteiger charge is 2.11. The molecule has 1 aromatic rings.